The van der Waals surface area contributed by atoms with E-state index in [4.69, 9.17) is 4.74 Å². The minimum Gasteiger partial charge on any atom is -0.379 e. The molecule has 2 aliphatic heterocycles. The van der Waals surface area contributed by atoms with Crippen LogP contribution in [-0.4, -0.2) is 109 Å². The Morgan fingerprint density at radius 2 is 1.73 bits per heavy atom. The number of hydrogen-bond acceptors (Lipinski definition) is 7. The summed E-state index contributed by atoms with van der Waals surface area (Å²) in [4.78, 5) is 34.1. The van der Waals surface area contributed by atoms with E-state index >= 15 is 0 Å². The summed E-state index contributed by atoms with van der Waals surface area (Å²) in [6.45, 7) is 10.9. The first-order chi connectivity index (χ1) is 17.9. The van der Waals surface area contributed by atoms with E-state index < -0.39 is 0 Å². The van der Waals surface area contributed by atoms with Gasteiger partial charge in [0.2, 0.25) is 11.8 Å². The molecule has 10 heteroatoms. The number of amides is 2. The summed E-state index contributed by atoms with van der Waals surface area (Å²) >= 11 is 0. The van der Waals surface area contributed by atoms with Crippen molar-refractivity contribution in [3.8, 4) is 11.3 Å². The van der Waals surface area contributed by atoms with Gasteiger partial charge in [-0.2, -0.15) is 0 Å². The molecule has 37 heavy (non-hydrogen) atoms. The Balaban J connectivity index is 1.32. The zero-order chi connectivity index (χ0) is 26.2. The molecule has 1 aromatic carbocycles. The maximum atomic E-state index is 13.2. The molecule has 1 aromatic heterocycles. The number of carbonyl (C=O) groups excluding carboxylic acids is 2. The smallest absolute Gasteiger partial charge is 0.242 e. The maximum Gasteiger partial charge on any atom is 0.242 e. The highest BCUT2D eigenvalue weighted by Gasteiger charge is 2.26. The lowest BCUT2D eigenvalue weighted by atomic mass is 10.1. The molecule has 200 valence electrons. The van der Waals surface area contributed by atoms with Crippen molar-refractivity contribution in [1.82, 2.24) is 24.9 Å². The molecule has 0 aliphatic carbocycles. The second kappa shape index (κ2) is 12.9. The van der Waals surface area contributed by atoms with Crippen LogP contribution in [0, 0.1) is 11.7 Å². The van der Waals surface area contributed by atoms with Crippen LogP contribution in [-0.2, 0) is 14.3 Å². The molecule has 0 bridgehead atoms. The Hall–Kier alpha value is -3.11. The Morgan fingerprint density at radius 1 is 0.973 bits per heavy atom. The topological polar surface area (TPSA) is 82.1 Å². The van der Waals surface area contributed by atoms with E-state index in [1.807, 2.05) is 30.9 Å². The fourth-order valence-corrected chi connectivity index (χ4v) is 4.65. The third-order valence-corrected chi connectivity index (χ3v) is 6.88. The molecule has 2 fully saturated rings. The van der Waals surface area contributed by atoms with Gasteiger partial charge >= 0.3 is 0 Å². The second-order valence-electron chi connectivity index (χ2n) is 9.87. The number of rotatable bonds is 8. The van der Waals surface area contributed by atoms with Gasteiger partial charge < -0.3 is 19.4 Å². The number of benzene rings is 1. The average Bonchev–Trinajstić information content (AvgIpc) is 3.18. The molecular formula is C27H37FN6O3. The summed E-state index contributed by atoms with van der Waals surface area (Å²) in [6, 6.07) is 9.98. The number of carbonyl (C=O) groups is 2. The van der Waals surface area contributed by atoms with Crippen molar-refractivity contribution in [3.05, 3.63) is 42.2 Å². The molecule has 2 aliphatic rings. The SMILES string of the molecule is CC(C)C(=O)N(CCN1CCOCC1)CC(=O)N1CCCN(c2ccc(-c3ccc(F)cc3)nn2)CC1. The van der Waals surface area contributed by atoms with Gasteiger partial charge in [-0.05, 0) is 42.8 Å². The molecule has 0 saturated carbocycles. The van der Waals surface area contributed by atoms with Crippen LogP contribution in [0.1, 0.15) is 20.3 Å². The molecule has 2 saturated heterocycles. The molecule has 9 nitrogen and oxygen atoms in total. The van der Waals surface area contributed by atoms with Gasteiger partial charge in [-0.3, -0.25) is 14.5 Å². The van der Waals surface area contributed by atoms with Crippen LogP contribution in [0.5, 0.6) is 0 Å². The molecule has 3 heterocycles. The van der Waals surface area contributed by atoms with E-state index in [0.717, 1.165) is 44.0 Å². The quantitative estimate of drug-likeness (QED) is 0.536. The van der Waals surface area contributed by atoms with Crippen LogP contribution in [0.15, 0.2) is 36.4 Å². The summed E-state index contributed by atoms with van der Waals surface area (Å²) in [7, 11) is 0. The van der Waals surface area contributed by atoms with Gasteiger partial charge in [0.05, 0.1) is 25.5 Å². The predicted molar refractivity (Wildman–Crippen MR) is 140 cm³/mol. The van der Waals surface area contributed by atoms with Crippen molar-refractivity contribution < 1.29 is 18.7 Å². The predicted octanol–water partition coefficient (Wildman–Crippen LogP) is 2.14. The second-order valence-corrected chi connectivity index (χ2v) is 9.87. The molecule has 0 N–H and O–H groups in total. The highest BCUT2D eigenvalue weighted by Crippen LogP contribution is 2.20. The van der Waals surface area contributed by atoms with Crippen LogP contribution < -0.4 is 4.90 Å². The van der Waals surface area contributed by atoms with Gasteiger partial charge in [0, 0.05) is 63.8 Å². The number of nitrogens with zero attached hydrogens (tertiary/aromatic N) is 6. The van der Waals surface area contributed by atoms with Gasteiger partial charge in [-0.25, -0.2) is 4.39 Å². The Bertz CT molecular complexity index is 1030. The molecule has 0 radical (unpaired) electrons. The van der Waals surface area contributed by atoms with Crippen molar-refractivity contribution >= 4 is 17.6 Å². The van der Waals surface area contributed by atoms with E-state index in [1.54, 1.807) is 17.0 Å². The van der Waals surface area contributed by atoms with E-state index in [0.29, 0.717) is 45.1 Å². The minimum atomic E-state index is -0.286. The van der Waals surface area contributed by atoms with E-state index in [9.17, 15) is 14.0 Å². The fraction of sp³-hybridized carbons (Fsp3) is 0.556. The Labute approximate surface area is 218 Å². The van der Waals surface area contributed by atoms with Crippen LogP contribution in [0.2, 0.25) is 0 Å². The maximum absolute atomic E-state index is 13.2. The van der Waals surface area contributed by atoms with Crippen molar-refractivity contribution in [2.45, 2.75) is 20.3 Å². The standard InChI is InChI=1S/C27H37FN6O3/c1-21(2)27(36)34(13-12-31-16-18-37-19-17-31)20-26(35)33-11-3-10-32(14-15-33)25-9-8-24(29-30-25)22-4-6-23(28)7-5-22/h4-9,21H,3,10-20H2,1-2H3. The van der Waals surface area contributed by atoms with Crippen LogP contribution >= 0.6 is 0 Å². The number of anilines is 1. The van der Waals surface area contributed by atoms with Crippen LogP contribution in [0.25, 0.3) is 11.3 Å². The highest BCUT2D eigenvalue weighted by molar-refractivity contribution is 5.85. The highest BCUT2D eigenvalue weighted by atomic mass is 19.1. The van der Waals surface area contributed by atoms with Gasteiger partial charge in [0.1, 0.15) is 5.82 Å². The summed E-state index contributed by atoms with van der Waals surface area (Å²) in [5, 5.41) is 8.71. The van der Waals surface area contributed by atoms with Crippen LogP contribution in [0.4, 0.5) is 10.2 Å². The van der Waals surface area contributed by atoms with Crippen molar-refractivity contribution in [3.63, 3.8) is 0 Å². The largest absolute Gasteiger partial charge is 0.379 e. The summed E-state index contributed by atoms with van der Waals surface area (Å²) in [6.07, 6.45) is 0.805. The third-order valence-electron chi connectivity index (χ3n) is 6.88. The minimum absolute atomic E-state index is 0.00887. The summed E-state index contributed by atoms with van der Waals surface area (Å²) in [5.41, 5.74) is 1.49. The lowest BCUT2D eigenvalue weighted by Crippen LogP contribution is -2.48. The van der Waals surface area contributed by atoms with Crippen molar-refractivity contribution in [1.29, 1.82) is 0 Å². The average molecular weight is 513 g/mol. The molecule has 0 spiro atoms. The lowest BCUT2D eigenvalue weighted by molar-refractivity contribution is -0.142. The first kappa shape index (κ1) is 26.9. The van der Waals surface area contributed by atoms with Gasteiger partial charge in [-0.1, -0.05) is 13.8 Å². The molecule has 0 unspecified atom stereocenters. The molecular weight excluding hydrogens is 475 g/mol. The van der Waals surface area contributed by atoms with Crippen molar-refractivity contribution in [2.24, 2.45) is 5.92 Å². The molecule has 0 atom stereocenters. The summed E-state index contributed by atoms with van der Waals surface area (Å²) < 4.78 is 18.6. The summed E-state index contributed by atoms with van der Waals surface area (Å²) in [5.74, 6) is 0.298. The van der Waals surface area contributed by atoms with E-state index in [1.165, 1.54) is 12.1 Å². The number of halogens is 1. The zero-order valence-electron chi connectivity index (χ0n) is 21.8. The normalized spacial score (nSPS) is 17.1. The number of ether oxygens (including phenoxy) is 1. The van der Waals surface area contributed by atoms with Crippen LogP contribution in [0.3, 0.4) is 0 Å². The van der Waals surface area contributed by atoms with E-state index in [-0.39, 0.29) is 30.1 Å². The first-order valence-electron chi connectivity index (χ1n) is 13.1. The molecule has 2 aromatic rings. The fourth-order valence-electron chi connectivity index (χ4n) is 4.65. The molecule has 2 amide bonds. The Morgan fingerprint density at radius 3 is 2.41 bits per heavy atom. The number of hydrogen-bond donors (Lipinski definition) is 0. The Kier molecular flexibility index (Phi) is 9.40. The van der Waals surface area contributed by atoms with Gasteiger partial charge in [0.25, 0.3) is 0 Å². The van der Waals surface area contributed by atoms with E-state index in [2.05, 4.69) is 20.0 Å². The first-order valence-corrected chi connectivity index (χ1v) is 13.1. The zero-order valence-corrected chi connectivity index (χ0v) is 21.8. The number of morpholine rings is 1. The van der Waals surface area contributed by atoms with Crippen molar-refractivity contribution in [2.75, 3.05) is 77.0 Å². The van der Waals surface area contributed by atoms with Gasteiger partial charge in [-0.15, -0.1) is 10.2 Å². The lowest BCUT2D eigenvalue weighted by Gasteiger charge is -2.32. The molecule has 4 rings (SSSR count). The van der Waals surface area contributed by atoms with Gasteiger partial charge in [0.15, 0.2) is 5.82 Å². The third kappa shape index (κ3) is 7.45. The monoisotopic (exact) mass is 512 g/mol. The number of aromatic nitrogens is 2.